The first-order valence-electron chi connectivity index (χ1n) is 10.3. The lowest BCUT2D eigenvalue weighted by Gasteiger charge is -2.07. The molecule has 4 rings (SSSR count). The third kappa shape index (κ3) is 5.04. The van der Waals surface area contributed by atoms with Gasteiger partial charge in [-0.3, -0.25) is 14.2 Å². The summed E-state index contributed by atoms with van der Waals surface area (Å²) in [5.74, 6) is 0.224. The highest BCUT2D eigenvalue weighted by Crippen LogP contribution is 2.35. The molecule has 0 fully saturated rings. The van der Waals surface area contributed by atoms with E-state index in [0.717, 1.165) is 20.5 Å². The molecule has 2 heterocycles. The third-order valence-electron chi connectivity index (χ3n) is 4.90. The zero-order valence-electron chi connectivity index (χ0n) is 18.0. The molecule has 0 saturated carbocycles. The van der Waals surface area contributed by atoms with Crippen LogP contribution < -0.4 is 15.7 Å². The van der Waals surface area contributed by atoms with Gasteiger partial charge in [-0.15, -0.1) is 11.3 Å². The van der Waals surface area contributed by atoms with Gasteiger partial charge in [-0.1, -0.05) is 46.3 Å². The first-order chi connectivity index (χ1) is 16.0. The van der Waals surface area contributed by atoms with E-state index in [1.807, 2.05) is 62.4 Å². The molecule has 0 spiro atoms. The van der Waals surface area contributed by atoms with Gasteiger partial charge in [0.25, 0.3) is 11.5 Å². The fourth-order valence-corrected chi connectivity index (χ4v) is 4.86. The minimum absolute atomic E-state index is 0.195. The van der Waals surface area contributed by atoms with E-state index < -0.39 is 5.91 Å². The van der Waals surface area contributed by atoms with Crippen LogP contribution in [0.3, 0.4) is 0 Å². The Morgan fingerprint density at radius 1 is 1.27 bits per heavy atom. The summed E-state index contributed by atoms with van der Waals surface area (Å²) in [6, 6.07) is 15.3. The minimum atomic E-state index is -0.435. The van der Waals surface area contributed by atoms with Crippen LogP contribution in [0.15, 0.2) is 69.2 Å². The van der Waals surface area contributed by atoms with Crippen molar-refractivity contribution in [3.8, 4) is 16.9 Å². The first kappa shape index (κ1) is 22.9. The Morgan fingerprint density at radius 3 is 2.82 bits per heavy atom. The van der Waals surface area contributed by atoms with Gasteiger partial charge < -0.3 is 4.74 Å². The molecule has 2 aromatic heterocycles. The number of halogens is 1. The second-order valence-corrected chi connectivity index (χ2v) is 9.28. The van der Waals surface area contributed by atoms with Crippen LogP contribution in [-0.4, -0.2) is 28.3 Å². The van der Waals surface area contributed by atoms with Gasteiger partial charge in [0.1, 0.15) is 17.1 Å². The number of hydrogen-bond acceptors (Lipinski definition) is 6. The number of aromatic nitrogens is 2. The average molecular weight is 525 g/mol. The van der Waals surface area contributed by atoms with Gasteiger partial charge in [-0.2, -0.15) is 5.10 Å². The number of carbonyl (C=O) groups excluding carboxylic acids is 1. The first-order valence-corrected chi connectivity index (χ1v) is 11.9. The molecule has 7 nitrogen and oxygen atoms in total. The van der Waals surface area contributed by atoms with Gasteiger partial charge in [0.05, 0.1) is 24.5 Å². The lowest BCUT2D eigenvalue weighted by molar-refractivity contribution is -0.121. The molecule has 1 amide bonds. The molecule has 1 N–H and O–H groups in total. The number of ether oxygens (including phenoxy) is 1. The van der Waals surface area contributed by atoms with Crippen molar-refractivity contribution < 1.29 is 9.53 Å². The van der Waals surface area contributed by atoms with Gasteiger partial charge in [0.2, 0.25) is 0 Å². The number of thiophene rings is 1. The van der Waals surface area contributed by atoms with Crippen molar-refractivity contribution in [3.05, 3.63) is 80.1 Å². The molecule has 0 bridgehead atoms. The zero-order chi connectivity index (χ0) is 23.4. The Labute approximate surface area is 202 Å². The molecular formula is C24H21BrN4O3S. The monoisotopic (exact) mass is 524 g/mol. The fraction of sp³-hybridized carbons (Fsp3) is 0.167. The second-order valence-electron chi connectivity index (χ2n) is 7.17. The summed E-state index contributed by atoms with van der Waals surface area (Å²) in [4.78, 5) is 31.8. The molecule has 0 unspecified atom stereocenters. The number of carbonyl (C=O) groups is 1. The average Bonchev–Trinajstić information content (AvgIpc) is 3.15. The van der Waals surface area contributed by atoms with Crippen LogP contribution in [0.5, 0.6) is 5.75 Å². The Bertz CT molecular complexity index is 1400. The van der Waals surface area contributed by atoms with Crippen molar-refractivity contribution in [2.75, 3.05) is 6.61 Å². The van der Waals surface area contributed by atoms with Gasteiger partial charge in [-0.25, -0.2) is 10.4 Å². The number of nitrogens with one attached hydrogen (secondary N) is 1. The van der Waals surface area contributed by atoms with Gasteiger partial charge in [-0.05, 0) is 37.6 Å². The van der Waals surface area contributed by atoms with E-state index in [4.69, 9.17) is 4.74 Å². The van der Waals surface area contributed by atoms with E-state index in [0.29, 0.717) is 28.1 Å². The van der Waals surface area contributed by atoms with Crippen molar-refractivity contribution in [1.29, 1.82) is 0 Å². The van der Waals surface area contributed by atoms with E-state index in [1.165, 1.54) is 28.4 Å². The zero-order valence-corrected chi connectivity index (χ0v) is 20.4. The maximum atomic E-state index is 13.2. The van der Waals surface area contributed by atoms with Crippen molar-refractivity contribution in [2.24, 2.45) is 5.10 Å². The summed E-state index contributed by atoms with van der Waals surface area (Å²) in [5, 5.41) is 4.55. The van der Waals surface area contributed by atoms with E-state index in [2.05, 4.69) is 31.4 Å². The molecule has 0 aliphatic heterocycles. The van der Waals surface area contributed by atoms with Crippen molar-refractivity contribution in [2.45, 2.75) is 20.4 Å². The summed E-state index contributed by atoms with van der Waals surface area (Å²) < 4.78 is 7.74. The highest BCUT2D eigenvalue weighted by Gasteiger charge is 2.17. The van der Waals surface area contributed by atoms with Crippen molar-refractivity contribution >= 4 is 49.6 Å². The quantitative estimate of drug-likeness (QED) is 0.279. The molecule has 168 valence electrons. The molecule has 0 saturated heterocycles. The molecule has 0 atom stereocenters. The Morgan fingerprint density at radius 2 is 2.06 bits per heavy atom. The summed E-state index contributed by atoms with van der Waals surface area (Å²) in [6.45, 7) is 4.18. The number of aryl methyl sites for hydroxylation is 1. The summed E-state index contributed by atoms with van der Waals surface area (Å²) >= 11 is 4.88. The second kappa shape index (κ2) is 10.1. The maximum absolute atomic E-state index is 13.2. The van der Waals surface area contributed by atoms with Gasteiger partial charge >= 0.3 is 0 Å². The van der Waals surface area contributed by atoms with Crippen LogP contribution in [-0.2, 0) is 11.3 Å². The molecule has 2 aromatic carbocycles. The van der Waals surface area contributed by atoms with E-state index in [9.17, 15) is 9.59 Å². The number of hydrazone groups is 1. The Balaban J connectivity index is 1.56. The van der Waals surface area contributed by atoms with E-state index in [1.54, 1.807) is 0 Å². The number of nitrogens with zero attached hydrogens (tertiary/aromatic N) is 3. The normalized spacial score (nSPS) is 11.2. The molecule has 0 radical (unpaired) electrons. The fourth-order valence-electron chi connectivity index (χ4n) is 3.47. The van der Waals surface area contributed by atoms with Gasteiger partial charge in [0.15, 0.2) is 0 Å². The molecular weight excluding hydrogens is 504 g/mol. The molecule has 33 heavy (non-hydrogen) atoms. The lowest BCUT2D eigenvalue weighted by Crippen LogP contribution is -2.30. The highest BCUT2D eigenvalue weighted by atomic mass is 79.9. The van der Waals surface area contributed by atoms with Crippen LogP contribution in [0.2, 0.25) is 0 Å². The van der Waals surface area contributed by atoms with Crippen molar-refractivity contribution in [1.82, 2.24) is 15.0 Å². The number of rotatable bonds is 7. The Kier molecular flexibility index (Phi) is 7.00. The lowest BCUT2D eigenvalue weighted by atomic mass is 10.0. The number of amides is 1. The SMILES string of the molecule is CCOc1ccc(Br)cc1C=NNC(=O)Cn1cnc2sc(C)c(-c3ccccc3)c2c1=O. The van der Waals surface area contributed by atoms with E-state index >= 15 is 0 Å². The van der Waals surface area contributed by atoms with Crippen molar-refractivity contribution in [3.63, 3.8) is 0 Å². The Hall–Kier alpha value is -3.30. The third-order valence-corrected chi connectivity index (χ3v) is 6.40. The van der Waals surface area contributed by atoms with Crippen LogP contribution in [0.1, 0.15) is 17.4 Å². The number of benzene rings is 2. The molecule has 9 heteroatoms. The van der Waals surface area contributed by atoms with E-state index in [-0.39, 0.29) is 12.1 Å². The van der Waals surface area contributed by atoms with Gasteiger partial charge in [0, 0.05) is 20.5 Å². The predicted molar refractivity (Wildman–Crippen MR) is 135 cm³/mol. The minimum Gasteiger partial charge on any atom is -0.493 e. The van der Waals surface area contributed by atoms with Crippen LogP contribution in [0.25, 0.3) is 21.3 Å². The van der Waals surface area contributed by atoms with Crippen LogP contribution in [0.4, 0.5) is 0 Å². The summed E-state index contributed by atoms with van der Waals surface area (Å²) in [5.41, 5.74) is 4.74. The standard InChI is InChI=1S/C24H21BrN4O3S/c1-3-32-19-10-9-18(25)11-17(19)12-27-28-20(30)13-29-14-26-23-22(24(29)31)21(15(2)33-23)16-7-5-4-6-8-16/h4-12,14H,3,13H2,1-2H3,(H,28,30). The molecule has 0 aliphatic carbocycles. The number of fused-ring (bicyclic) bond motifs is 1. The molecule has 0 aliphatic rings. The smallest absolute Gasteiger partial charge is 0.263 e. The van der Waals surface area contributed by atoms with Crippen LogP contribution in [0, 0.1) is 6.92 Å². The maximum Gasteiger partial charge on any atom is 0.263 e. The number of hydrogen-bond donors (Lipinski definition) is 1. The molecule has 4 aromatic rings. The van der Waals surface area contributed by atoms with Crippen LogP contribution >= 0.6 is 27.3 Å². The summed E-state index contributed by atoms with van der Waals surface area (Å²) in [6.07, 6.45) is 2.91. The summed E-state index contributed by atoms with van der Waals surface area (Å²) in [7, 11) is 0. The topological polar surface area (TPSA) is 85.6 Å². The highest BCUT2D eigenvalue weighted by molar-refractivity contribution is 9.10. The largest absolute Gasteiger partial charge is 0.493 e. The predicted octanol–water partition coefficient (Wildman–Crippen LogP) is 4.74.